The lowest BCUT2D eigenvalue weighted by molar-refractivity contribution is -0.120. The van der Waals surface area contributed by atoms with Gasteiger partial charge in [0.2, 0.25) is 5.91 Å². The molecule has 184 valence electrons. The van der Waals surface area contributed by atoms with Crippen molar-refractivity contribution in [2.45, 2.75) is 58.0 Å². The monoisotopic (exact) mass is 569 g/mol. The van der Waals surface area contributed by atoms with Gasteiger partial charge in [-0.3, -0.25) is 9.69 Å². The Balaban J connectivity index is 0.00000306. The number of halogens is 1. The topological polar surface area (TPSA) is 69.2 Å². The van der Waals surface area contributed by atoms with Gasteiger partial charge in [0, 0.05) is 50.4 Å². The fourth-order valence-corrected chi connectivity index (χ4v) is 5.12. The molecule has 3 fully saturated rings. The summed E-state index contributed by atoms with van der Waals surface area (Å²) < 4.78 is 5.51. The minimum Gasteiger partial charge on any atom is -0.379 e. The van der Waals surface area contributed by atoms with Crippen molar-refractivity contribution in [2.75, 3.05) is 51.3 Å². The van der Waals surface area contributed by atoms with Crippen LogP contribution in [0.5, 0.6) is 0 Å². The molecular formula is C25H40IN5O2. The van der Waals surface area contributed by atoms with Gasteiger partial charge in [-0.05, 0) is 43.9 Å². The standard InChI is InChI=1S/C25H39N5O2.HI/c1-2-26-25(30-12-11-23(19-30)29-13-15-32-16-14-29)27-18-20-7-6-10-22(17-20)28-24(31)21-8-4-3-5-9-21;/h6-7,10,17,21,23H,2-5,8-9,11-16,18-19H2,1H3,(H,26,27)(H,28,31);1H. The molecule has 2 heterocycles. The summed E-state index contributed by atoms with van der Waals surface area (Å²) in [6.45, 7) is 9.39. The lowest BCUT2D eigenvalue weighted by atomic mass is 9.88. The van der Waals surface area contributed by atoms with Crippen molar-refractivity contribution in [1.82, 2.24) is 15.1 Å². The summed E-state index contributed by atoms with van der Waals surface area (Å²) in [5.41, 5.74) is 2.00. The molecule has 1 unspecified atom stereocenters. The normalized spacial score (nSPS) is 22.6. The average Bonchev–Trinajstić information content (AvgIpc) is 3.33. The largest absolute Gasteiger partial charge is 0.379 e. The number of rotatable bonds is 6. The van der Waals surface area contributed by atoms with Gasteiger partial charge in [-0.1, -0.05) is 31.4 Å². The zero-order valence-electron chi connectivity index (χ0n) is 19.9. The molecule has 8 heteroatoms. The third-order valence-electron chi connectivity index (χ3n) is 6.94. The van der Waals surface area contributed by atoms with Gasteiger partial charge in [0.25, 0.3) is 0 Å². The first kappa shape index (κ1) is 26.2. The van der Waals surface area contributed by atoms with Crippen molar-refractivity contribution in [3.8, 4) is 0 Å². The molecule has 2 aliphatic heterocycles. The maximum absolute atomic E-state index is 12.6. The Morgan fingerprint density at radius 3 is 2.67 bits per heavy atom. The molecular weight excluding hydrogens is 529 g/mol. The maximum Gasteiger partial charge on any atom is 0.227 e. The van der Waals surface area contributed by atoms with E-state index in [0.717, 1.165) is 76.0 Å². The number of aliphatic imine (C=N–C) groups is 1. The van der Waals surface area contributed by atoms with E-state index < -0.39 is 0 Å². The van der Waals surface area contributed by atoms with Crippen molar-refractivity contribution in [3.05, 3.63) is 29.8 Å². The fourth-order valence-electron chi connectivity index (χ4n) is 5.12. The van der Waals surface area contributed by atoms with Gasteiger partial charge in [-0.25, -0.2) is 4.99 Å². The van der Waals surface area contributed by atoms with Gasteiger partial charge < -0.3 is 20.3 Å². The lowest BCUT2D eigenvalue weighted by Gasteiger charge is -2.32. The lowest BCUT2D eigenvalue weighted by Crippen LogP contribution is -2.46. The number of morpholine rings is 1. The maximum atomic E-state index is 12.6. The van der Waals surface area contributed by atoms with Crippen LogP contribution in [0.4, 0.5) is 5.69 Å². The van der Waals surface area contributed by atoms with Crippen LogP contribution in [-0.4, -0.2) is 73.6 Å². The van der Waals surface area contributed by atoms with E-state index in [1.165, 1.54) is 25.7 Å². The highest BCUT2D eigenvalue weighted by Crippen LogP contribution is 2.25. The summed E-state index contributed by atoms with van der Waals surface area (Å²) in [6, 6.07) is 8.73. The van der Waals surface area contributed by atoms with E-state index >= 15 is 0 Å². The zero-order chi connectivity index (χ0) is 22.2. The van der Waals surface area contributed by atoms with Crippen LogP contribution in [-0.2, 0) is 16.1 Å². The smallest absolute Gasteiger partial charge is 0.227 e. The van der Waals surface area contributed by atoms with E-state index in [4.69, 9.17) is 9.73 Å². The molecule has 7 nitrogen and oxygen atoms in total. The molecule has 1 aromatic rings. The number of likely N-dealkylation sites (tertiary alicyclic amines) is 1. The van der Waals surface area contributed by atoms with E-state index in [-0.39, 0.29) is 35.8 Å². The molecule has 0 bridgehead atoms. The van der Waals surface area contributed by atoms with Crippen LogP contribution in [0.2, 0.25) is 0 Å². The van der Waals surface area contributed by atoms with Gasteiger partial charge in [-0.15, -0.1) is 24.0 Å². The highest BCUT2D eigenvalue weighted by Gasteiger charge is 2.30. The molecule has 4 rings (SSSR count). The summed E-state index contributed by atoms with van der Waals surface area (Å²) >= 11 is 0. The van der Waals surface area contributed by atoms with E-state index in [1.807, 2.05) is 12.1 Å². The predicted octanol–water partition coefficient (Wildman–Crippen LogP) is 3.70. The second kappa shape index (κ2) is 13.5. The van der Waals surface area contributed by atoms with Crippen LogP contribution in [0.15, 0.2) is 29.3 Å². The predicted molar refractivity (Wildman–Crippen MR) is 144 cm³/mol. The number of hydrogen-bond donors (Lipinski definition) is 2. The average molecular weight is 570 g/mol. The number of carbonyl (C=O) groups is 1. The SMILES string of the molecule is CCNC(=NCc1cccc(NC(=O)C2CCCCC2)c1)N1CCC(N2CCOCC2)C1.I. The fraction of sp³-hybridized carbons (Fsp3) is 0.680. The Bertz CT molecular complexity index is 778. The van der Waals surface area contributed by atoms with E-state index in [9.17, 15) is 4.79 Å². The van der Waals surface area contributed by atoms with E-state index in [0.29, 0.717) is 12.6 Å². The summed E-state index contributed by atoms with van der Waals surface area (Å²) in [5.74, 6) is 1.32. The molecule has 1 amide bonds. The number of amides is 1. The van der Waals surface area contributed by atoms with Gasteiger partial charge in [0.05, 0.1) is 19.8 Å². The van der Waals surface area contributed by atoms with Crippen LogP contribution in [0.1, 0.15) is 51.0 Å². The Morgan fingerprint density at radius 2 is 1.91 bits per heavy atom. The van der Waals surface area contributed by atoms with Gasteiger partial charge in [0.15, 0.2) is 5.96 Å². The highest BCUT2D eigenvalue weighted by molar-refractivity contribution is 14.0. The first-order valence-electron chi connectivity index (χ1n) is 12.5. The van der Waals surface area contributed by atoms with Crippen LogP contribution in [0.25, 0.3) is 0 Å². The number of hydrogen-bond acceptors (Lipinski definition) is 4. The summed E-state index contributed by atoms with van der Waals surface area (Å²) in [7, 11) is 0. The third kappa shape index (κ3) is 7.55. The Labute approximate surface area is 215 Å². The molecule has 1 atom stereocenters. The first-order chi connectivity index (χ1) is 15.7. The van der Waals surface area contributed by atoms with E-state index in [1.54, 1.807) is 0 Å². The Morgan fingerprint density at radius 1 is 1.12 bits per heavy atom. The van der Waals surface area contributed by atoms with Crippen molar-refractivity contribution >= 4 is 41.5 Å². The minimum atomic E-state index is 0. The Hall–Kier alpha value is -1.39. The van der Waals surface area contributed by atoms with Crippen LogP contribution < -0.4 is 10.6 Å². The van der Waals surface area contributed by atoms with Crippen LogP contribution in [0.3, 0.4) is 0 Å². The van der Waals surface area contributed by atoms with Crippen LogP contribution in [0, 0.1) is 5.92 Å². The quantitative estimate of drug-likeness (QED) is 0.311. The number of carbonyl (C=O) groups excluding carboxylic acids is 1. The summed E-state index contributed by atoms with van der Waals surface area (Å²) in [4.78, 5) is 22.5. The van der Waals surface area contributed by atoms with Crippen molar-refractivity contribution in [2.24, 2.45) is 10.9 Å². The van der Waals surface area contributed by atoms with Gasteiger partial charge >= 0.3 is 0 Å². The second-order valence-corrected chi connectivity index (χ2v) is 9.23. The number of nitrogens with one attached hydrogen (secondary N) is 2. The van der Waals surface area contributed by atoms with Gasteiger partial charge in [0.1, 0.15) is 0 Å². The number of nitrogens with zero attached hydrogens (tertiary/aromatic N) is 3. The molecule has 0 radical (unpaired) electrons. The number of benzene rings is 1. The molecule has 1 aliphatic carbocycles. The second-order valence-electron chi connectivity index (χ2n) is 9.23. The number of ether oxygens (including phenoxy) is 1. The number of anilines is 1. The van der Waals surface area contributed by atoms with Crippen molar-refractivity contribution in [1.29, 1.82) is 0 Å². The molecule has 2 N–H and O–H groups in total. The van der Waals surface area contributed by atoms with E-state index in [2.05, 4.69) is 39.5 Å². The van der Waals surface area contributed by atoms with Crippen molar-refractivity contribution in [3.63, 3.8) is 0 Å². The molecule has 33 heavy (non-hydrogen) atoms. The zero-order valence-corrected chi connectivity index (χ0v) is 22.3. The van der Waals surface area contributed by atoms with Gasteiger partial charge in [-0.2, -0.15) is 0 Å². The molecule has 1 saturated carbocycles. The summed E-state index contributed by atoms with van der Waals surface area (Å²) in [6.07, 6.45) is 6.81. The molecule has 2 saturated heterocycles. The molecule has 3 aliphatic rings. The molecule has 0 spiro atoms. The first-order valence-corrected chi connectivity index (χ1v) is 12.5. The Kier molecular flexibility index (Phi) is 10.7. The molecule has 0 aromatic heterocycles. The minimum absolute atomic E-state index is 0. The third-order valence-corrected chi connectivity index (χ3v) is 6.94. The van der Waals surface area contributed by atoms with Crippen molar-refractivity contribution < 1.29 is 9.53 Å². The highest BCUT2D eigenvalue weighted by atomic mass is 127. The number of guanidine groups is 1. The van der Waals surface area contributed by atoms with Crippen LogP contribution >= 0.6 is 24.0 Å². The summed E-state index contributed by atoms with van der Waals surface area (Å²) in [5, 5.41) is 6.60. The molecule has 1 aromatic carbocycles.